The van der Waals surface area contributed by atoms with E-state index in [2.05, 4.69) is 10.4 Å². The minimum Gasteiger partial charge on any atom is -0.394 e. The highest BCUT2D eigenvalue weighted by atomic mass is 35.5. The molecule has 2 rings (SSSR count). The number of aromatic nitrogens is 2. The van der Waals surface area contributed by atoms with Crippen molar-refractivity contribution in [2.75, 3.05) is 19.0 Å². The molecule has 2 amide bonds. The Morgan fingerprint density at radius 3 is 2.91 bits per heavy atom. The van der Waals surface area contributed by atoms with Crippen molar-refractivity contribution in [2.24, 2.45) is 0 Å². The minimum atomic E-state index is -0.296. The molecule has 0 bridgehead atoms. The fourth-order valence-electron chi connectivity index (χ4n) is 1.93. The van der Waals surface area contributed by atoms with Crippen LogP contribution in [0.5, 0.6) is 0 Å². The van der Waals surface area contributed by atoms with Crippen LogP contribution in [0.1, 0.15) is 12.6 Å². The quantitative estimate of drug-likeness (QED) is 0.909. The molecule has 1 aromatic carbocycles. The molecule has 6 nitrogen and oxygen atoms in total. The summed E-state index contributed by atoms with van der Waals surface area (Å²) >= 11 is 5.99. The Hall–Kier alpha value is -2.05. The first-order valence-electron chi connectivity index (χ1n) is 6.89. The fraction of sp³-hybridized carbons (Fsp3) is 0.333. The molecule has 1 atom stereocenters. The van der Waals surface area contributed by atoms with Gasteiger partial charge < -0.3 is 15.3 Å². The first-order valence-corrected chi connectivity index (χ1v) is 7.27. The number of benzene rings is 1. The number of carbonyl (C=O) groups is 1. The van der Waals surface area contributed by atoms with Crippen molar-refractivity contribution in [2.45, 2.75) is 19.9 Å². The number of hydrogen-bond acceptors (Lipinski definition) is 3. The number of hydrogen-bond donors (Lipinski definition) is 2. The standard InChI is InChI=1S/C15H19ClN4O2/c1-10(9-21)19(3)15(22)18-14-8-17-20(11(14)2)13-6-4-5-12(16)7-13/h4-8,10,21H,9H2,1-3H3,(H,18,22). The van der Waals surface area contributed by atoms with Crippen LogP contribution in [0.4, 0.5) is 10.5 Å². The summed E-state index contributed by atoms with van der Waals surface area (Å²) in [6.45, 7) is 3.53. The Balaban J connectivity index is 2.20. The lowest BCUT2D eigenvalue weighted by Gasteiger charge is -2.23. The average Bonchev–Trinajstić information content (AvgIpc) is 2.86. The fourth-order valence-corrected chi connectivity index (χ4v) is 2.11. The van der Waals surface area contributed by atoms with Crippen molar-refractivity contribution < 1.29 is 9.90 Å². The van der Waals surface area contributed by atoms with Crippen LogP contribution in [0.3, 0.4) is 0 Å². The Morgan fingerprint density at radius 2 is 2.27 bits per heavy atom. The van der Waals surface area contributed by atoms with Crippen LogP contribution in [0.2, 0.25) is 5.02 Å². The smallest absolute Gasteiger partial charge is 0.322 e. The summed E-state index contributed by atoms with van der Waals surface area (Å²) in [6, 6.07) is 6.76. The van der Waals surface area contributed by atoms with Gasteiger partial charge >= 0.3 is 6.03 Å². The predicted octanol–water partition coefficient (Wildman–Crippen LogP) is 2.68. The molecule has 2 N–H and O–H groups in total. The number of aliphatic hydroxyl groups is 1. The van der Waals surface area contributed by atoms with Gasteiger partial charge in [0, 0.05) is 12.1 Å². The van der Waals surface area contributed by atoms with Gasteiger partial charge in [0.2, 0.25) is 0 Å². The zero-order valence-corrected chi connectivity index (χ0v) is 13.5. The number of nitrogens with zero attached hydrogens (tertiary/aromatic N) is 3. The van der Waals surface area contributed by atoms with Crippen LogP contribution < -0.4 is 5.32 Å². The zero-order chi connectivity index (χ0) is 16.3. The Kier molecular flexibility index (Phi) is 5.05. The third kappa shape index (κ3) is 3.40. The molecule has 1 aromatic heterocycles. The number of likely N-dealkylation sites (N-methyl/N-ethyl adjacent to an activating group) is 1. The highest BCUT2D eigenvalue weighted by Gasteiger charge is 2.17. The molecule has 0 aliphatic rings. The molecule has 1 unspecified atom stereocenters. The van der Waals surface area contributed by atoms with E-state index in [-0.39, 0.29) is 18.7 Å². The summed E-state index contributed by atoms with van der Waals surface area (Å²) in [7, 11) is 1.63. The second-order valence-corrected chi connectivity index (χ2v) is 5.54. The summed E-state index contributed by atoms with van der Waals surface area (Å²) in [5.41, 5.74) is 2.23. The number of rotatable bonds is 4. The second kappa shape index (κ2) is 6.81. The van der Waals surface area contributed by atoms with Crippen molar-refractivity contribution in [3.05, 3.63) is 41.2 Å². The topological polar surface area (TPSA) is 70.4 Å². The van der Waals surface area contributed by atoms with E-state index in [1.165, 1.54) is 4.90 Å². The van der Waals surface area contributed by atoms with E-state index in [1.54, 1.807) is 37.0 Å². The molecule has 22 heavy (non-hydrogen) atoms. The van der Waals surface area contributed by atoms with Gasteiger partial charge in [0.1, 0.15) is 0 Å². The van der Waals surface area contributed by atoms with Gasteiger partial charge in [-0.15, -0.1) is 0 Å². The van der Waals surface area contributed by atoms with Crippen LogP contribution in [0.25, 0.3) is 5.69 Å². The van der Waals surface area contributed by atoms with Crippen molar-refractivity contribution in [3.63, 3.8) is 0 Å². The molecule has 0 spiro atoms. The molecule has 0 radical (unpaired) electrons. The maximum Gasteiger partial charge on any atom is 0.322 e. The van der Waals surface area contributed by atoms with Crippen molar-refractivity contribution >= 4 is 23.3 Å². The molecular formula is C15H19ClN4O2. The number of urea groups is 1. The molecule has 7 heteroatoms. The Labute approximate surface area is 134 Å². The normalized spacial score (nSPS) is 12.0. The van der Waals surface area contributed by atoms with E-state index in [4.69, 9.17) is 16.7 Å². The summed E-state index contributed by atoms with van der Waals surface area (Å²) in [6.07, 6.45) is 1.59. The second-order valence-electron chi connectivity index (χ2n) is 5.11. The molecule has 0 saturated heterocycles. The SMILES string of the molecule is Cc1c(NC(=O)N(C)C(C)CO)cnn1-c1cccc(Cl)c1. The van der Waals surface area contributed by atoms with Crippen molar-refractivity contribution in [3.8, 4) is 5.69 Å². The number of carbonyl (C=O) groups excluding carboxylic acids is 1. The van der Waals surface area contributed by atoms with Gasteiger partial charge in [-0.25, -0.2) is 9.48 Å². The predicted molar refractivity (Wildman–Crippen MR) is 86.6 cm³/mol. The van der Waals surface area contributed by atoms with Gasteiger partial charge in [0.15, 0.2) is 0 Å². The van der Waals surface area contributed by atoms with Crippen molar-refractivity contribution in [1.29, 1.82) is 0 Å². The van der Waals surface area contributed by atoms with Gasteiger partial charge in [0.25, 0.3) is 0 Å². The van der Waals surface area contributed by atoms with Crippen LogP contribution >= 0.6 is 11.6 Å². The third-order valence-corrected chi connectivity index (χ3v) is 3.78. The monoisotopic (exact) mass is 322 g/mol. The van der Waals surface area contributed by atoms with E-state index in [0.29, 0.717) is 10.7 Å². The zero-order valence-electron chi connectivity index (χ0n) is 12.7. The molecule has 0 aliphatic heterocycles. The van der Waals surface area contributed by atoms with Crippen LogP contribution in [-0.2, 0) is 0 Å². The summed E-state index contributed by atoms with van der Waals surface area (Å²) in [5.74, 6) is 0. The molecular weight excluding hydrogens is 304 g/mol. The molecule has 118 valence electrons. The van der Waals surface area contributed by atoms with Crippen LogP contribution in [0, 0.1) is 6.92 Å². The van der Waals surface area contributed by atoms with Gasteiger partial charge in [0.05, 0.1) is 35.9 Å². The van der Waals surface area contributed by atoms with Crippen molar-refractivity contribution in [1.82, 2.24) is 14.7 Å². The van der Waals surface area contributed by atoms with E-state index >= 15 is 0 Å². The molecule has 1 heterocycles. The number of nitrogens with one attached hydrogen (secondary N) is 1. The van der Waals surface area contributed by atoms with Gasteiger partial charge in [-0.3, -0.25) is 0 Å². The average molecular weight is 323 g/mol. The number of anilines is 1. The highest BCUT2D eigenvalue weighted by molar-refractivity contribution is 6.30. The third-order valence-electron chi connectivity index (χ3n) is 3.55. The van der Waals surface area contributed by atoms with E-state index < -0.39 is 0 Å². The van der Waals surface area contributed by atoms with E-state index in [0.717, 1.165) is 11.4 Å². The van der Waals surface area contributed by atoms with Gasteiger partial charge in [-0.1, -0.05) is 17.7 Å². The van der Waals surface area contributed by atoms with E-state index in [9.17, 15) is 4.79 Å². The number of amides is 2. The maximum absolute atomic E-state index is 12.1. The Morgan fingerprint density at radius 1 is 1.55 bits per heavy atom. The van der Waals surface area contributed by atoms with E-state index in [1.807, 2.05) is 19.1 Å². The Bertz CT molecular complexity index is 671. The highest BCUT2D eigenvalue weighted by Crippen LogP contribution is 2.21. The lowest BCUT2D eigenvalue weighted by atomic mass is 10.3. The summed E-state index contributed by atoms with van der Waals surface area (Å²) in [4.78, 5) is 13.6. The first-order chi connectivity index (χ1) is 10.4. The lowest BCUT2D eigenvalue weighted by molar-refractivity contribution is 0.166. The largest absolute Gasteiger partial charge is 0.394 e. The molecule has 0 saturated carbocycles. The van der Waals surface area contributed by atoms with Gasteiger partial charge in [-0.2, -0.15) is 5.10 Å². The molecule has 2 aromatic rings. The summed E-state index contributed by atoms with van der Waals surface area (Å²) in [5, 5.41) is 16.8. The van der Waals surface area contributed by atoms with Crippen LogP contribution in [-0.4, -0.2) is 45.5 Å². The maximum atomic E-state index is 12.1. The minimum absolute atomic E-state index is 0.0926. The number of halogens is 1. The van der Waals surface area contributed by atoms with Gasteiger partial charge in [-0.05, 0) is 32.0 Å². The summed E-state index contributed by atoms with van der Waals surface area (Å²) < 4.78 is 1.71. The number of aliphatic hydroxyl groups excluding tert-OH is 1. The van der Waals surface area contributed by atoms with Crippen LogP contribution in [0.15, 0.2) is 30.5 Å². The first kappa shape index (κ1) is 16.3. The molecule has 0 aliphatic carbocycles. The lowest BCUT2D eigenvalue weighted by Crippen LogP contribution is -2.40. The molecule has 0 fully saturated rings.